The molecule has 1 aliphatic rings. The molecule has 0 radical (unpaired) electrons. The molecule has 1 fully saturated rings. The van der Waals surface area contributed by atoms with Crippen LogP contribution in [0.2, 0.25) is 0 Å². The lowest BCUT2D eigenvalue weighted by Crippen LogP contribution is -2.36. The van der Waals surface area contributed by atoms with E-state index >= 15 is 0 Å². The van der Waals surface area contributed by atoms with E-state index in [0.29, 0.717) is 35.7 Å². The standard InChI is InChI=1S/C23H27N5O5/c1-3-33-23(29)15-8-10-26(11-9-15)14-19-22(25-21-7-5-17(24)13-27(19)21)16-4-6-20(32-2)18(12-16)28(30)31/h4-7,12-13,15H,3,8-11,14,24H2,1-2H3. The van der Waals surface area contributed by atoms with Crippen LogP contribution < -0.4 is 10.5 Å². The first-order chi connectivity index (χ1) is 15.9. The number of esters is 1. The third-order valence-electron chi connectivity index (χ3n) is 5.97. The van der Waals surface area contributed by atoms with E-state index in [2.05, 4.69) is 4.90 Å². The number of carbonyl (C=O) groups excluding carboxylic acids is 1. The van der Waals surface area contributed by atoms with Crippen molar-refractivity contribution in [2.45, 2.75) is 26.3 Å². The number of nitrogens with two attached hydrogens (primary N) is 1. The van der Waals surface area contributed by atoms with Gasteiger partial charge >= 0.3 is 11.7 Å². The second-order valence-electron chi connectivity index (χ2n) is 8.04. The van der Waals surface area contributed by atoms with Crippen molar-refractivity contribution in [3.05, 3.63) is 52.3 Å². The van der Waals surface area contributed by atoms with Crippen LogP contribution in [0.5, 0.6) is 5.75 Å². The number of nitrogens with zero attached hydrogens (tertiary/aromatic N) is 4. The first-order valence-electron chi connectivity index (χ1n) is 10.9. The number of methoxy groups -OCH3 is 1. The average molecular weight is 453 g/mol. The number of fused-ring (bicyclic) bond motifs is 1. The maximum atomic E-state index is 12.1. The fourth-order valence-electron chi connectivity index (χ4n) is 4.27. The van der Waals surface area contributed by atoms with E-state index in [1.54, 1.807) is 18.2 Å². The first-order valence-corrected chi connectivity index (χ1v) is 10.9. The predicted octanol–water partition coefficient (Wildman–Crippen LogP) is 3.28. The maximum absolute atomic E-state index is 12.1. The van der Waals surface area contributed by atoms with Crippen molar-refractivity contribution >= 4 is 23.0 Å². The Kier molecular flexibility index (Phi) is 6.45. The van der Waals surface area contributed by atoms with Gasteiger partial charge in [0.05, 0.1) is 35.9 Å². The Morgan fingerprint density at radius 3 is 2.70 bits per heavy atom. The molecule has 1 saturated heterocycles. The van der Waals surface area contributed by atoms with Crippen molar-refractivity contribution in [2.75, 3.05) is 32.5 Å². The van der Waals surface area contributed by atoms with Crippen LogP contribution in [-0.4, -0.2) is 52.0 Å². The molecule has 0 saturated carbocycles. The third-order valence-corrected chi connectivity index (χ3v) is 5.97. The molecule has 0 bridgehead atoms. The molecule has 1 aromatic carbocycles. The molecule has 0 unspecified atom stereocenters. The normalized spacial score (nSPS) is 15.0. The van der Waals surface area contributed by atoms with Gasteiger partial charge in [0.2, 0.25) is 0 Å². The first kappa shape index (κ1) is 22.5. The van der Waals surface area contributed by atoms with E-state index in [0.717, 1.165) is 31.6 Å². The Hall–Kier alpha value is -3.66. The van der Waals surface area contributed by atoms with Crippen LogP contribution in [0.25, 0.3) is 16.9 Å². The van der Waals surface area contributed by atoms with E-state index in [1.807, 2.05) is 23.6 Å². The number of benzene rings is 1. The number of nitro benzene ring substituents is 1. The molecule has 2 N–H and O–H groups in total. The minimum absolute atomic E-state index is 0.0808. The Morgan fingerprint density at radius 2 is 2.03 bits per heavy atom. The van der Waals surface area contributed by atoms with E-state index in [9.17, 15) is 14.9 Å². The molecule has 33 heavy (non-hydrogen) atoms. The number of nitrogen functional groups attached to an aromatic ring is 1. The Balaban J connectivity index is 1.68. The zero-order valence-electron chi connectivity index (χ0n) is 18.7. The summed E-state index contributed by atoms with van der Waals surface area (Å²) in [5.41, 5.74) is 9.37. The van der Waals surface area contributed by atoms with Crippen molar-refractivity contribution in [2.24, 2.45) is 5.92 Å². The smallest absolute Gasteiger partial charge is 0.311 e. The third kappa shape index (κ3) is 4.61. The van der Waals surface area contributed by atoms with Crippen molar-refractivity contribution < 1.29 is 19.2 Å². The minimum Gasteiger partial charge on any atom is -0.490 e. The number of carbonyl (C=O) groups is 1. The minimum atomic E-state index is -0.462. The van der Waals surface area contributed by atoms with Crippen molar-refractivity contribution in [1.29, 1.82) is 0 Å². The van der Waals surface area contributed by atoms with Crippen molar-refractivity contribution in [1.82, 2.24) is 14.3 Å². The summed E-state index contributed by atoms with van der Waals surface area (Å²) in [4.78, 5) is 30.2. The molecule has 1 aliphatic heterocycles. The number of rotatable bonds is 7. The fraction of sp³-hybridized carbons (Fsp3) is 0.391. The van der Waals surface area contributed by atoms with Gasteiger partial charge in [-0.2, -0.15) is 0 Å². The molecule has 0 aliphatic carbocycles. The van der Waals surface area contributed by atoms with Crippen LogP contribution >= 0.6 is 0 Å². The highest BCUT2D eigenvalue weighted by Crippen LogP contribution is 2.34. The van der Waals surface area contributed by atoms with Gasteiger partial charge in [0.15, 0.2) is 5.75 Å². The summed E-state index contributed by atoms with van der Waals surface area (Å²) < 4.78 is 12.2. The topological polar surface area (TPSA) is 125 Å². The molecule has 10 nitrogen and oxygen atoms in total. The summed E-state index contributed by atoms with van der Waals surface area (Å²) in [6.07, 6.45) is 3.26. The number of imidazole rings is 1. The van der Waals surface area contributed by atoms with Gasteiger partial charge in [-0.25, -0.2) is 4.98 Å². The van der Waals surface area contributed by atoms with Gasteiger partial charge in [0, 0.05) is 30.1 Å². The highest BCUT2D eigenvalue weighted by molar-refractivity contribution is 5.73. The van der Waals surface area contributed by atoms with Crippen molar-refractivity contribution in [3.63, 3.8) is 0 Å². The molecular weight excluding hydrogens is 426 g/mol. The zero-order chi connectivity index (χ0) is 23.5. The largest absolute Gasteiger partial charge is 0.490 e. The molecule has 174 valence electrons. The van der Waals surface area contributed by atoms with Crippen LogP contribution in [0, 0.1) is 16.0 Å². The van der Waals surface area contributed by atoms with Gasteiger partial charge < -0.3 is 19.6 Å². The molecule has 3 heterocycles. The maximum Gasteiger partial charge on any atom is 0.311 e. The number of piperidine rings is 1. The average Bonchev–Trinajstić information content (AvgIpc) is 3.16. The van der Waals surface area contributed by atoms with Crippen LogP contribution in [0.3, 0.4) is 0 Å². The van der Waals surface area contributed by atoms with Crippen LogP contribution in [0.15, 0.2) is 36.5 Å². The Morgan fingerprint density at radius 1 is 1.27 bits per heavy atom. The summed E-state index contributed by atoms with van der Waals surface area (Å²) in [5.74, 6) is -0.0203. The Bertz CT molecular complexity index is 1180. The fourth-order valence-corrected chi connectivity index (χ4v) is 4.27. The van der Waals surface area contributed by atoms with Crippen LogP contribution in [0.1, 0.15) is 25.5 Å². The second kappa shape index (κ2) is 9.45. The van der Waals surface area contributed by atoms with Gasteiger partial charge in [-0.3, -0.25) is 19.8 Å². The van der Waals surface area contributed by atoms with E-state index < -0.39 is 4.92 Å². The molecule has 0 atom stereocenters. The molecule has 3 aromatic rings. The van der Waals surface area contributed by atoms with Gasteiger partial charge in [-0.1, -0.05) is 0 Å². The molecule has 10 heteroatoms. The van der Waals surface area contributed by atoms with Gasteiger partial charge in [-0.15, -0.1) is 0 Å². The number of pyridine rings is 1. The lowest BCUT2D eigenvalue weighted by atomic mass is 9.96. The van der Waals surface area contributed by atoms with E-state index in [4.69, 9.17) is 20.2 Å². The number of hydrogen-bond acceptors (Lipinski definition) is 8. The molecule has 0 amide bonds. The van der Waals surface area contributed by atoms with Crippen molar-refractivity contribution in [3.8, 4) is 17.0 Å². The predicted molar refractivity (Wildman–Crippen MR) is 123 cm³/mol. The Labute approximate surface area is 191 Å². The number of ether oxygens (including phenoxy) is 2. The van der Waals surface area contributed by atoms with E-state index in [1.165, 1.54) is 13.2 Å². The van der Waals surface area contributed by atoms with Crippen LogP contribution in [0.4, 0.5) is 11.4 Å². The highest BCUT2D eigenvalue weighted by atomic mass is 16.6. The zero-order valence-corrected chi connectivity index (χ0v) is 18.7. The van der Waals surface area contributed by atoms with Gasteiger partial charge in [0.1, 0.15) is 5.65 Å². The SMILES string of the molecule is CCOC(=O)C1CCN(Cc2c(-c3ccc(OC)c([N+](=O)[O-])c3)nc3ccc(N)cn23)CC1. The number of aromatic nitrogens is 2. The molecule has 0 spiro atoms. The summed E-state index contributed by atoms with van der Waals surface area (Å²) in [6, 6.07) is 8.44. The van der Waals surface area contributed by atoms with Gasteiger partial charge in [-0.05, 0) is 57.1 Å². The summed E-state index contributed by atoms with van der Waals surface area (Å²) >= 11 is 0. The van der Waals surface area contributed by atoms with Gasteiger partial charge in [0.25, 0.3) is 0 Å². The van der Waals surface area contributed by atoms with Crippen LogP contribution in [-0.2, 0) is 16.1 Å². The molecular formula is C23H27N5O5. The number of anilines is 1. The number of hydrogen-bond donors (Lipinski definition) is 1. The molecule has 4 rings (SSSR count). The quantitative estimate of drug-likeness (QED) is 0.328. The van der Waals surface area contributed by atoms with E-state index in [-0.39, 0.29) is 23.3 Å². The number of likely N-dealkylation sites (tertiary alicyclic amines) is 1. The second-order valence-corrected chi connectivity index (χ2v) is 8.04. The summed E-state index contributed by atoms with van der Waals surface area (Å²) in [7, 11) is 1.40. The lowest BCUT2D eigenvalue weighted by Gasteiger charge is -2.30. The molecule has 2 aromatic heterocycles. The number of nitro groups is 1. The highest BCUT2D eigenvalue weighted by Gasteiger charge is 2.28. The summed E-state index contributed by atoms with van der Waals surface area (Å²) in [6.45, 7) is 4.24. The lowest BCUT2D eigenvalue weighted by molar-refractivity contribution is -0.385. The monoisotopic (exact) mass is 453 g/mol. The summed E-state index contributed by atoms with van der Waals surface area (Å²) in [5, 5.41) is 11.6.